The van der Waals surface area contributed by atoms with Gasteiger partial charge in [-0.1, -0.05) is 0 Å². The first-order valence-electron chi connectivity index (χ1n) is 9.36. The number of aromatic hydroxyl groups is 2. The molecule has 0 saturated carbocycles. The van der Waals surface area contributed by atoms with Crippen LogP contribution < -0.4 is 0 Å². The first kappa shape index (κ1) is 23.0. The van der Waals surface area contributed by atoms with E-state index in [1.54, 1.807) is 6.92 Å². The van der Waals surface area contributed by atoms with E-state index in [1.165, 1.54) is 24.9 Å². The number of methoxy groups -OCH3 is 1. The molecule has 0 radical (unpaired) electrons. The lowest BCUT2D eigenvalue weighted by Gasteiger charge is -2.21. The first-order valence-corrected chi connectivity index (χ1v) is 10.4. The van der Waals surface area contributed by atoms with E-state index in [4.69, 9.17) is 4.74 Å². The van der Waals surface area contributed by atoms with Crippen molar-refractivity contribution in [2.45, 2.75) is 56.5 Å². The van der Waals surface area contributed by atoms with Crippen LogP contribution in [-0.4, -0.2) is 63.4 Å². The Morgan fingerprint density at radius 2 is 2.03 bits per heavy atom. The van der Waals surface area contributed by atoms with Crippen molar-refractivity contribution in [3.05, 3.63) is 23.3 Å². The number of carbonyl (C=O) groups excluding carboxylic acids is 3. The zero-order valence-electron chi connectivity index (χ0n) is 16.4. The summed E-state index contributed by atoms with van der Waals surface area (Å²) in [7, 11) is 1.19. The Kier molecular flexibility index (Phi) is 8.33. The zero-order chi connectivity index (χ0) is 21.6. The summed E-state index contributed by atoms with van der Waals surface area (Å²) in [5, 5.41) is 29.6. The molecule has 3 unspecified atom stereocenters. The number of fused-ring (bicyclic) bond motifs is 1. The van der Waals surface area contributed by atoms with Crippen molar-refractivity contribution in [1.82, 2.24) is 0 Å². The van der Waals surface area contributed by atoms with Crippen LogP contribution >= 0.6 is 11.8 Å². The Balaban J connectivity index is 2.27. The van der Waals surface area contributed by atoms with Gasteiger partial charge in [0, 0.05) is 23.5 Å². The lowest BCUT2D eigenvalue weighted by molar-refractivity contribution is -0.149. The number of hydrogen-bond acceptors (Lipinski definition) is 9. The van der Waals surface area contributed by atoms with Gasteiger partial charge in [-0.25, -0.2) is 4.79 Å². The van der Waals surface area contributed by atoms with Crippen LogP contribution in [-0.2, 0) is 25.5 Å². The minimum atomic E-state index is -1.29. The fourth-order valence-corrected chi connectivity index (χ4v) is 4.42. The molecule has 0 amide bonds. The van der Waals surface area contributed by atoms with E-state index in [-0.39, 0.29) is 52.6 Å². The Morgan fingerprint density at radius 1 is 1.31 bits per heavy atom. The number of phenols is 2. The van der Waals surface area contributed by atoms with Crippen LogP contribution in [0.4, 0.5) is 0 Å². The molecule has 0 aliphatic carbocycles. The number of thioether (sulfide) groups is 1. The third kappa shape index (κ3) is 6.64. The molecule has 1 aliphatic rings. The smallest absolute Gasteiger partial charge is 0.335 e. The molecule has 1 heterocycles. The molecular weight excluding hydrogens is 400 g/mol. The molecular formula is C20H26O8S. The molecule has 0 aromatic heterocycles. The minimum Gasteiger partial charge on any atom is -0.508 e. The zero-order valence-corrected chi connectivity index (χ0v) is 17.2. The molecule has 3 atom stereocenters. The predicted molar refractivity (Wildman–Crippen MR) is 106 cm³/mol. The van der Waals surface area contributed by atoms with Crippen molar-refractivity contribution in [1.29, 1.82) is 0 Å². The molecule has 2 rings (SSSR count). The van der Waals surface area contributed by atoms with E-state index >= 15 is 0 Å². The summed E-state index contributed by atoms with van der Waals surface area (Å²) in [5.41, 5.74) is 0.177. The molecule has 8 nitrogen and oxygen atoms in total. The summed E-state index contributed by atoms with van der Waals surface area (Å²) in [6.45, 7) is 1.78. The molecule has 1 aromatic rings. The lowest BCUT2D eigenvalue weighted by Crippen LogP contribution is -2.26. The average molecular weight is 426 g/mol. The highest BCUT2D eigenvalue weighted by Crippen LogP contribution is 2.32. The standard InChI is InChI=1S/C20H26O8S/c1-11-4-3-5-14(29-10-17(24)20(26)27-2)9-16(23)19-12(7-18(25)28-11)6-13(21)8-15(19)22/h6,8,11,14,17,21-22,24H,3-5,7,9-10H2,1-2H3. The maximum Gasteiger partial charge on any atom is 0.335 e. The number of hydrogen-bond donors (Lipinski definition) is 3. The number of ketones is 1. The summed E-state index contributed by atoms with van der Waals surface area (Å²) in [4.78, 5) is 36.5. The SMILES string of the molecule is COC(=O)C(O)CSC1CCCC(C)OC(=O)Cc2cc(O)cc(O)c2C(=O)C1. The normalized spacial score (nSPS) is 21.9. The van der Waals surface area contributed by atoms with E-state index in [0.29, 0.717) is 19.3 Å². The molecule has 0 fully saturated rings. The van der Waals surface area contributed by atoms with E-state index in [9.17, 15) is 29.7 Å². The van der Waals surface area contributed by atoms with Gasteiger partial charge in [-0.15, -0.1) is 0 Å². The van der Waals surface area contributed by atoms with E-state index in [1.807, 2.05) is 0 Å². The van der Waals surface area contributed by atoms with Crippen molar-refractivity contribution in [3.63, 3.8) is 0 Å². The van der Waals surface area contributed by atoms with Crippen LogP contribution in [0.5, 0.6) is 11.5 Å². The van der Waals surface area contributed by atoms with Gasteiger partial charge in [-0.05, 0) is 37.8 Å². The summed E-state index contributed by atoms with van der Waals surface area (Å²) in [6.07, 6.45) is 0.0776. The number of cyclic esters (lactones) is 1. The molecule has 29 heavy (non-hydrogen) atoms. The topological polar surface area (TPSA) is 130 Å². The number of carbonyl (C=O) groups is 3. The third-order valence-electron chi connectivity index (χ3n) is 4.64. The molecule has 0 bridgehead atoms. The maximum atomic E-state index is 12.9. The van der Waals surface area contributed by atoms with Crippen LogP contribution in [0.2, 0.25) is 0 Å². The Morgan fingerprint density at radius 3 is 2.72 bits per heavy atom. The fraction of sp³-hybridized carbons (Fsp3) is 0.550. The van der Waals surface area contributed by atoms with Gasteiger partial charge in [-0.3, -0.25) is 9.59 Å². The van der Waals surface area contributed by atoms with Gasteiger partial charge in [-0.2, -0.15) is 11.8 Å². The number of aliphatic hydroxyl groups excluding tert-OH is 1. The number of esters is 2. The number of phenolic OH excluding ortho intramolecular Hbond substituents is 2. The predicted octanol–water partition coefficient (Wildman–Crippen LogP) is 1.96. The third-order valence-corrected chi connectivity index (χ3v) is 6.03. The highest BCUT2D eigenvalue weighted by atomic mass is 32.2. The second-order valence-corrected chi connectivity index (χ2v) is 8.36. The monoisotopic (exact) mass is 426 g/mol. The molecule has 160 valence electrons. The van der Waals surface area contributed by atoms with Crippen LogP contribution in [0.1, 0.15) is 48.5 Å². The van der Waals surface area contributed by atoms with Crippen molar-refractivity contribution in [2.75, 3.05) is 12.9 Å². The maximum absolute atomic E-state index is 12.9. The van der Waals surface area contributed by atoms with Crippen LogP contribution in [0, 0.1) is 0 Å². The molecule has 1 aromatic carbocycles. The summed E-state index contributed by atoms with van der Waals surface area (Å²) in [5.74, 6) is -2.25. The van der Waals surface area contributed by atoms with Gasteiger partial charge in [0.15, 0.2) is 11.9 Å². The van der Waals surface area contributed by atoms with E-state index in [2.05, 4.69) is 4.74 Å². The molecule has 3 N–H and O–H groups in total. The van der Waals surface area contributed by atoms with Crippen molar-refractivity contribution in [2.24, 2.45) is 0 Å². The number of rotatable bonds is 4. The molecule has 9 heteroatoms. The van der Waals surface area contributed by atoms with Crippen molar-refractivity contribution < 1.29 is 39.2 Å². The lowest BCUT2D eigenvalue weighted by atomic mass is 9.95. The molecule has 0 spiro atoms. The second-order valence-electron chi connectivity index (χ2n) is 7.03. The first-order chi connectivity index (χ1) is 13.7. The number of ether oxygens (including phenoxy) is 2. The highest BCUT2D eigenvalue weighted by molar-refractivity contribution is 8.00. The number of aliphatic hydroxyl groups is 1. The number of Topliss-reactive ketones (excluding diaryl/α,β-unsaturated/α-hetero) is 1. The van der Waals surface area contributed by atoms with Gasteiger partial charge < -0.3 is 24.8 Å². The summed E-state index contributed by atoms with van der Waals surface area (Å²) in [6, 6.07) is 2.33. The molecule has 1 aliphatic heterocycles. The quantitative estimate of drug-likeness (QED) is 0.618. The van der Waals surface area contributed by atoms with Crippen molar-refractivity contribution >= 4 is 29.5 Å². The Hall–Kier alpha value is -2.26. The largest absolute Gasteiger partial charge is 0.508 e. The van der Waals surface area contributed by atoms with Crippen LogP contribution in [0.25, 0.3) is 0 Å². The second kappa shape index (κ2) is 10.5. The minimum absolute atomic E-state index is 0.0212. The van der Waals surface area contributed by atoms with Crippen LogP contribution in [0.15, 0.2) is 12.1 Å². The summed E-state index contributed by atoms with van der Waals surface area (Å²) < 4.78 is 9.86. The summed E-state index contributed by atoms with van der Waals surface area (Å²) >= 11 is 1.28. The van der Waals surface area contributed by atoms with E-state index < -0.39 is 23.8 Å². The van der Waals surface area contributed by atoms with Crippen LogP contribution in [0.3, 0.4) is 0 Å². The molecule has 0 saturated heterocycles. The van der Waals surface area contributed by atoms with Gasteiger partial charge in [0.25, 0.3) is 0 Å². The van der Waals surface area contributed by atoms with Gasteiger partial charge >= 0.3 is 11.9 Å². The van der Waals surface area contributed by atoms with Gasteiger partial charge in [0.05, 0.1) is 25.2 Å². The van der Waals surface area contributed by atoms with Gasteiger partial charge in [0.2, 0.25) is 0 Å². The van der Waals surface area contributed by atoms with Crippen molar-refractivity contribution in [3.8, 4) is 11.5 Å². The Labute approximate surface area is 173 Å². The fourth-order valence-electron chi connectivity index (χ4n) is 3.23. The highest BCUT2D eigenvalue weighted by Gasteiger charge is 2.26. The number of benzene rings is 1. The van der Waals surface area contributed by atoms with E-state index in [0.717, 1.165) is 6.07 Å². The van der Waals surface area contributed by atoms with Gasteiger partial charge in [0.1, 0.15) is 11.5 Å². The average Bonchev–Trinajstić information content (AvgIpc) is 2.63. The Bertz CT molecular complexity index is 763.